The summed E-state index contributed by atoms with van der Waals surface area (Å²) in [5.74, 6) is -0.243. The zero-order valence-corrected chi connectivity index (χ0v) is 10.8. The van der Waals surface area contributed by atoms with Crippen molar-refractivity contribution >= 4 is 11.8 Å². The van der Waals surface area contributed by atoms with Gasteiger partial charge >= 0.3 is 0 Å². The summed E-state index contributed by atoms with van der Waals surface area (Å²) in [6, 6.07) is 6.65. The van der Waals surface area contributed by atoms with Crippen molar-refractivity contribution in [1.82, 2.24) is 9.97 Å². The van der Waals surface area contributed by atoms with E-state index in [1.54, 1.807) is 30.6 Å². The number of hydrogen-bond acceptors (Lipinski definition) is 4. The fraction of sp³-hybridized carbons (Fsp3) is 0.231. The van der Waals surface area contributed by atoms with Crippen molar-refractivity contribution in [2.24, 2.45) is 5.73 Å². The maximum Gasteiger partial charge on any atom is 0.188 e. The van der Waals surface area contributed by atoms with Crippen molar-refractivity contribution in [3.05, 3.63) is 53.6 Å². The summed E-state index contributed by atoms with van der Waals surface area (Å²) >= 11 is 1.38. The number of nitrogens with two attached hydrogens (primary N) is 1. The van der Waals surface area contributed by atoms with Crippen molar-refractivity contribution in [2.75, 3.05) is 6.54 Å². The van der Waals surface area contributed by atoms with Crippen molar-refractivity contribution < 1.29 is 4.39 Å². The highest BCUT2D eigenvalue weighted by atomic mass is 32.2. The van der Waals surface area contributed by atoms with Crippen LogP contribution in [0.25, 0.3) is 0 Å². The summed E-state index contributed by atoms with van der Waals surface area (Å²) < 4.78 is 13.7. The van der Waals surface area contributed by atoms with E-state index >= 15 is 0 Å². The maximum atomic E-state index is 13.7. The Kier molecular flexibility index (Phi) is 4.28. The van der Waals surface area contributed by atoms with Crippen LogP contribution in [0.4, 0.5) is 4.39 Å². The van der Waals surface area contributed by atoms with Gasteiger partial charge in [0.15, 0.2) is 5.16 Å². The molecule has 5 heteroatoms. The van der Waals surface area contributed by atoms with Gasteiger partial charge in [-0.05, 0) is 18.6 Å². The van der Waals surface area contributed by atoms with Crippen LogP contribution in [0.15, 0.2) is 41.8 Å². The van der Waals surface area contributed by atoms with E-state index in [0.717, 1.165) is 5.56 Å². The number of thioether (sulfide) groups is 1. The fourth-order valence-electron chi connectivity index (χ4n) is 1.54. The molecule has 3 nitrogen and oxygen atoms in total. The molecule has 1 heterocycles. The minimum Gasteiger partial charge on any atom is -0.329 e. The molecule has 0 aliphatic rings. The Bertz CT molecular complexity index is 516. The minimum atomic E-state index is -0.243. The molecule has 1 atom stereocenters. The van der Waals surface area contributed by atoms with E-state index < -0.39 is 0 Å². The molecule has 1 aromatic carbocycles. The highest BCUT2D eigenvalue weighted by molar-refractivity contribution is 7.99. The lowest BCUT2D eigenvalue weighted by molar-refractivity contribution is 0.607. The maximum absolute atomic E-state index is 13.7. The average molecular weight is 263 g/mol. The highest BCUT2D eigenvalue weighted by Crippen LogP contribution is 2.33. The molecule has 94 valence electrons. The number of nitrogens with zero attached hydrogens (tertiary/aromatic N) is 2. The summed E-state index contributed by atoms with van der Waals surface area (Å²) in [6.45, 7) is 2.26. The Morgan fingerprint density at radius 2 is 1.94 bits per heavy atom. The predicted octanol–water partition coefficient (Wildman–Crippen LogP) is 2.72. The standard InChI is InChI=1S/C13H14FN3S/c1-9-7-16-13(17-8-9)18-12(6-15)10-4-2-3-5-11(10)14/h2-5,7-8,12H,6,15H2,1H3. The number of aryl methyl sites for hydroxylation is 1. The van der Waals surface area contributed by atoms with Crippen LogP contribution < -0.4 is 5.73 Å². The molecule has 18 heavy (non-hydrogen) atoms. The fourth-order valence-corrected chi connectivity index (χ4v) is 2.44. The summed E-state index contributed by atoms with van der Waals surface area (Å²) in [5.41, 5.74) is 7.30. The molecule has 1 aromatic heterocycles. The Balaban J connectivity index is 2.20. The third-order valence-corrected chi connectivity index (χ3v) is 3.62. The normalized spacial score (nSPS) is 12.4. The first kappa shape index (κ1) is 13.0. The molecule has 0 bridgehead atoms. The minimum absolute atomic E-state index is 0.172. The lowest BCUT2D eigenvalue weighted by Gasteiger charge is -2.14. The summed E-state index contributed by atoms with van der Waals surface area (Å²) in [4.78, 5) is 8.39. The van der Waals surface area contributed by atoms with Crippen LogP contribution in [-0.2, 0) is 0 Å². The van der Waals surface area contributed by atoms with Crippen LogP contribution in [0.2, 0.25) is 0 Å². The van der Waals surface area contributed by atoms with E-state index in [2.05, 4.69) is 9.97 Å². The molecular formula is C13H14FN3S. The van der Waals surface area contributed by atoms with Crippen LogP contribution in [0.5, 0.6) is 0 Å². The lowest BCUT2D eigenvalue weighted by Crippen LogP contribution is -2.11. The Hall–Kier alpha value is -1.46. The predicted molar refractivity (Wildman–Crippen MR) is 70.8 cm³/mol. The van der Waals surface area contributed by atoms with Gasteiger partial charge in [0.25, 0.3) is 0 Å². The lowest BCUT2D eigenvalue weighted by atomic mass is 10.1. The van der Waals surface area contributed by atoms with E-state index in [9.17, 15) is 4.39 Å². The highest BCUT2D eigenvalue weighted by Gasteiger charge is 2.16. The first-order chi connectivity index (χ1) is 8.70. The van der Waals surface area contributed by atoms with Gasteiger partial charge < -0.3 is 5.73 Å². The van der Waals surface area contributed by atoms with Gasteiger partial charge in [-0.1, -0.05) is 30.0 Å². The number of aromatic nitrogens is 2. The molecular weight excluding hydrogens is 249 g/mol. The van der Waals surface area contributed by atoms with Gasteiger partial charge in [0.1, 0.15) is 5.82 Å². The Labute approximate surface area is 110 Å². The van der Waals surface area contributed by atoms with Crippen LogP contribution >= 0.6 is 11.8 Å². The van der Waals surface area contributed by atoms with Gasteiger partial charge in [0, 0.05) is 24.5 Å². The second-order valence-electron chi connectivity index (χ2n) is 3.91. The molecule has 0 radical (unpaired) electrons. The topological polar surface area (TPSA) is 51.8 Å². The Morgan fingerprint density at radius 1 is 1.28 bits per heavy atom. The third-order valence-electron chi connectivity index (χ3n) is 2.47. The third kappa shape index (κ3) is 3.05. The molecule has 0 fully saturated rings. The van der Waals surface area contributed by atoms with E-state index in [1.807, 2.05) is 6.92 Å². The summed E-state index contributed by atoms with van der Waals surface area (Å²) in [5, 5.41) is 0.438. The van der Waals surface area contributed by atoms with Gasteiger partial charge in [-0.2, -0.15) is 0 Å². The van der Waals surface area contributed by atoms with Crippen LogP contribution in [0.3, 0.4) is 0 Å². The number of benzene rings is 1. The largest absolute Gasteiger partial charge is 0.329 e. The van der Waals surface area contributed by atoms with Crippen molar-refractivity contribution in [1.29, 1.82) is 0 Å². The van der Waals surface area contributed by atoms with Crippen molar-refractivity contribution in [3.8, 4) is 0 Å². The SMILES string of the molecule is Cc1cnc(SC(CN)c2ccccc2F)nc1. The first-order valence-electron chi connectivity index (χ1n) is 5.60. The van der Waals surface area contributed by atoms with Gasteiger partial charge in [0.2, 0.25) is 0 Å². The van der Waals surface area contributed by atoms with E-state index in [0.29, 0.717) is 17.3 Å². The van der Waals surface area contributed by atoms with E-state index in [-0.39, 0.29) is 11.1 Å². The van der Waals surface area contributed by atoms with Crippen LogP contribution in [0, 0.1) is 12.7 Å². The zero-order chi connectivity index (χ0) is 13.0. The smallest absolute Gasteiger partial charge is 0.188 e. The van der Waals surface area contributed by atoms with Crippen molar-refractivity contribution in [2.45, 2.75) is 17.3 Å². The van der Waals surface area contributed by atoms with Crippen molar-refractivity contribution in [3.63, 3.8) is 0 Å². The number of hydrogen-bond donors (Lipinski definition) is 1. The van der Waals surface area contributed by atoms with E-state index in [1.165, 1.54) is 17.8 Å². The van der Waals surface area contributed by atoms with Crippen LogP contribution in [-0.4, -0.2) is 16.5 Å². The molecule has 0 aliphatic carbocycles. The number of halogens is 1. The first-order valence-corrected chi connectivity index (χ1v) is 6.48. The molecule has 0 spiro atoms. The number of rotatable bonds is 4. The summed E-state index contributed by atoms with van der Waals surface area (Å²) in [7, 11) is 0. The zero-order valence-electron chi connectivity index (χ0n) is 10.0. The molecule has 0 aliphatic heterocycles. The molecule has 0 amide bonds. The second-order valence-corrected chi connectivity index (χ2v) is 5.08. The molecule has 2 N–H and O–H groups in total. The quantitative estimate of drug-likeness (QED) is 0.680. The Morgan fingerprint density at radius 3 is 2.56 bits per heavy atom. The molecule has 0 saturated heterocycles. The average Bonchev–Trinajstić information content (AvgIpc) is 2.39. The van der Waals surface area contributed by atoms with Gasteiger partial charge in [0.05, 0.1) is 5.25 Å². The second kappa shape index (κ2) is 5.93. The van der Waals surface area contributed by atoms with Crippen LogP contribution in [0.1, 0.15) is 16.4 Å². The van der Waals surface area contributed by atoms with E-state index in [4.69, 9.17) is 5.73 Å². The molecule has 0 saturated carbocycles. The molecule has 2 aromatic rings. The van der Waals surface area contributed by atoms with Gasteiger partial charge in [-0.15, -0.1) is 0 Å². The molecule has 1 unspecified atom stereocenters. The summed E-state index contributed by atoms with van der Waals surface area (Å²) in [6.07, 6.45) is 3.48. The molecule has 2 rings (SSSR count). The monoisotopic (exact) mass is 263 g/mol. The van der Waals surface area contributed by atoms with Gasteiger partial charge in [-0.25, -0.2) is 14.4 Å². The van der Waals surface area contributed by atoms with Gasteiger partial charge in [-0.3, -0.25) is 0 Å².